The molecule has 134 valence electrons. The van der Waals surface area contributed by atoms with Crippen LogP contribution in [0.4, 0.5) is 9.18 Å². The molecule has 6 nitrogen and oxygen atoms in total. The van der Waals surface area contributed by atoms with Crippen molar-refractivity contribution in [1.29, 1.82) is 0 Å². The van der Waals surface area contributed by atoms with Crippen molar-refractivity contribution in [1.82, 2.24) is 15.2 Å². The molecule has 7 heteroatoms. The number of aromatic nitrogens is 1. The fourth-order valence-corrected chi connectivity index (χ4v) is 2.90. The maximum absolute atomic E-state index is 12.9. The molecule has 1 aromatic carbocycles. The lowest BCUT2D eigenvalue weighted by molar-refractivity contribution is -0.0544. The lowest BCUT2D eigenvalue weighted by atomic mass is 10.2. The van der Waals surface area contributed by atoms with Crippen LogP contribution in [0, 0.1) is 5.82 Å². The van der Waals surface area contributed by atoms with E-state index >= 15 is 0 Å². The maximum Gasteiger partial charge on any atom is 0.317 e. The van der Waals surface area contributed by atoms with Crippen molar-refractivity contribution in [2.45, 2.75) is 32.5 Å². The second kappa shape index (κ2) is 7.65. The lowest BCUT2D eigenvalue weighted by Crippen LogP contribution is -2.51. The minimum Gasteiger partial charge on any atom is -0.444 e. The topological polar surface area (TPSA) is 67.6 Å². The molecule has 2 atom stereocenters. The number of ether oxygens (including phenoxy) is 1. The summed E-state index contributed by atoms with van der Waals surface area (Å²) in [6.45, 7) is 5.57. The second-order valence-corrected chi connectivity index (χ2v) is 6.30. The Balaban J connectivity index is 1.49. The number of hydrogen-bond acceptors (Lipinski definition) is 4. The normalized spacial score (nSPS) is 20.5. The van der Waals surface area contributed by atoms with E-state index in [4.69, 9.17) is 9.15 Å². The first-order chi connectivity index (χ1) is 12.0. The van der Waals surface area contributed by atoms with Gasteiger partial charge < -0.3 is 19.4 Å². The Kier molecular flexibility index (Phi) is 5.33. The number of amides is 2. The van der Waals surface area contributed by atoms with Crippen molar-refractivity contribution < 1.29 is 18.3 Å². The van der Waals surface area contributed by atoms with E-state index in [2.05, 4.69) is 10.3 Å². The number of hydrogen-bond donors (Lipinski definition) is 1. The molecule has 1 aliphatic rings. The summed E-state index contributed by atoms with van der Waals surface area (Å²) in [7, 11) is 0. The molecule has 3 rings (SSSR count). The highest BCUT2D eigenvalue weighted by Crippen LogP contribution is 2.19. The fourth-order valence-electron chi connectivity index (χ4n) is 2.90. The number of halogens is 1. The number of carbonyl (C=O) groups excluding carboxylic acids is 1. The van der Waals surface area contributed by atoms with E-state index in [-0.39, 0.29) is 24.1 Å². The Morgan fingerprint density at radius 3 is 2.64 bits per heavy atom. The number of nitrogens with one attached hydrogen (secondary N) is 1. The fraction of sp³-hybridized carbons (Fsp3) is 0.444. The van der Waals surface area contributed by atoms with E-state index in [1.165, 1.54) is 12.1 Å². The van der Waals surface area contributed by atoms with Crippen LogP contribution in [-0.2, 0) is 11.2 Å². The summed E-state index contributed by atoms with van der Waals surface area (Å²) in [5, 5.41) is 2.90. The average Bonchev–Trinajstić information content (AvgIpc) is 3.03. The minimum atomic E-state index is -0.301. The average molecular weight is 347 g/mol. The van der Waals surface area contributed by atoms with E-state index in [9.17, 15) is 9.18 Å². The van der Waals surface area contributed by atoms with Gasteiger partial charge in [-0.25, -0.2) is 14.2 Å². The monoisotopic (exact) mass is 347 g/mol. The highest BCUT2D eigenvalue weighted by Gasteiger charge is 2.25. The van der Waals surface area contributed by atoms with Gasteiger partial charge in [0.1, 0.15) is 12.1 Å². The molecule has 0 radical (unpaired) electrons. The van der Waals surface area contributed by atoms with Crippen molar-refractivity contribution in [3.8, 4) is 11.5 Å². The first-order valence-corrected chi connectivity index (χ1v) is 8.40. The summed E-state index contributed by atoms with van der Waals surface area (Å²) in [5.41, 5.74) is 1.45. The third-order valence-corrected chi connectivity index (χ3v) is 4.01. The first-order valence-electron chi connectivity index (χ1n) is 8.40. The van der Waals surface area contributed by atoms with Crippen LogP contribution in [0.5, 0.6) is 0 Å². The van der Waals surface area contributed by atoms with Crippen LogP contribution in [0.25, 0.3) is 11.5 Å². The predicted octanol–water partition coefficient (Wildman–Crippen LogP) is 2.84. The first kappa shape index (κ1) is 17.4. The van der Waals surface area contributed by atoms with Gasteiger partial charge in [0.25, 0.3) is 0 Å². The van der Waals surface area contributed by atoms with Gasteiger partial charge in [0, 0.05) is 31.6 Å². The molecule has 2 unspecified atom stereocenters. The quantitative estimate of drug-likeness (QED) is 0.923. The summed E-state index contributed by atoms with van der Waals surface area (Å²) >= 11 is 0. The Morgan fingerprint density at radius 1 is 1.28 bits per heavy atom. The van der Waals surface area contributed by atoms with E-state index in [0.29, 0.717) is 37.5 Å². The van der Waals surface area contributed by atoms with Crippen LogP contribution in [0.2, 0.25) is 0 Å². The van der Waals surface area contributed by atoms with Crippen LogP contribution in [0.3, 0.4) is 0 Å². The molecule has 2 aromatic rings. The number of benzene rings is 1. The SMILES string of the molecule is CC1CN(C(=O)NCCc2coc(-c3ccc(F)cc3)n2)CC(C)O1. The van der Waals surface area contributed by atoms with Crippen LogP contribution >= 0.6 is 0 Å². The maximum atomic E-state index is 12.9. The molecule has 1 aliphatic heterocycles. The van der Waals surface area contributed by atoms with Gasteiger partial charge in [-0.2, -0.15) is 0 Å². The van der Waals surface area contributed by atoms with Crippen molar-refractivity contribution in [3.05, 3.63) is 42.0 Å². The molecule has 1 saturated heterocycles. The smallest absolute Gasteiger partial charge is 0.317 e. The number of rotatable bonds is 4. The van der Waals surface area contributed by atoms with Gasteiger partial charge in [0.15, 0.2) is 0 Å². The molecular formula is C18H22FN3O3. The molecule has 1 fully saturated rings. The Morgan fingerprint density at radius 2 is 1.96 bits per heavy atom. The molecule has 0 aliphatic carbocycles. The number of oxazole rings is 1. The van der Waals surface area contributed by atoms with Crippen LogP contribution in [0.15, 0.2) is 34.9 Å². The Bertz CT molecular complexity index is 707. The zero-order chi connectivity index (χ0) is 17.8. The molecule has 1 N–H and O–H groups in total. The van der Waals surface area contributed by atoms with Gasteiger partial charge >= 0.3 is 6.03 Å². The minimum absolute atomic E-state index is 0.0447. The summed E-state index contributed by atoms with van der Waals surface area (Å²) in [4.78, 5) is 18.4. The van der Waals surface area contributed by atoms with Crippen molar-refractivity contribution in [3.63, 3.8) is 0 Å². The van der Waals surface area contributed by atoms with Crippen molar-refractivity contribution in [2.75, 3.05) is 19.6 Å². The molecular weight excluding hydrogens is 325 g/mol. The molecule has 2 amide bonds. The van der Waals surface area contributed by atoms with Gasteiger partial charge in [0.2, 0.25) is 5.89 Å². The van der Waals surface area contributed by atoms with Crippen LogP contribution in [-0.4, -0.2) is 47.8 Å². The highest BCUT2D eigenvalue weighted by atomic mass is 19.1. The van der Waals surface area contributed by atoms with Crippen LogP contribution < -0.4 is 5.32 Å². The zero-order valence-corrected chi connectivity index (χ0v) is 14.4. The standard InChI is InChI=1S/C18H22FN3O3/c1-12-9-22(10-13(2)25-12)18(23)20-8-7-16-11-24-17(21-16)14-3-5-15(19)6-4-14/h3-6,11-13H,7-10H2,1-2H3,(H,20,23). The highest BCUT2D eigenvalue weighted by molar-refractivity contribution is 5.74. The third kappa shape index (κ3) is 4.57. The third-order valence-electron chi connectivity index (χ3n) is 4.01. The second-order valence-electron chi connectivity index (χ2n) is 6.30. The van der Waals surface area contributed by atoms with Crippen LogP contribution in [0.1, 0.15) is 19.5 Å². The van der Waals surface area contributed by atoms with Gasteiger partial charge in [-0.05, 0) is 38.1 Å². The van der Waals surface area contributed by atoms with Crippen molar-refractivity contribution >= 4 is 6.03 Å². The van der Waals surface area contributed by atoms with Gasteiger partial charge in [-0.1, -0.05) is 0 Å². The zero-order valence-electron chi connectivity index (χ0n) is 14.4. The van der Waals surface area contributed by atoms with E-state index in [0.717, 1.165) is 5.69 Å². The Hall–Kier alpha value is -2.41. The number of morpholine rings is 1. The van der Waals surface area contributed by atoms with E-state index in [1.807, 2.05) is 13.8 Å². The van der Waals surface area contributed by atoms with Gasteiger partial charge in [0.05, 0.1) is 17.9 Å². The molecule has 0 saturated carbocycles. The lowest BCUT2D eigenvalue weighted by Gasteiger charge is -2.35. The molecule has 25 heavy (non-hydrogen) atoms. The van der Waals surface area contributed by atoms with Gasteiger partial charge in [-0.15, -0.1) is 0 Å². The number of carbonyl (C=O) groups is 1. The summed E-state index contributed by atoms with van der Waals surface area (Å²) in [6, 6.07) is 5.87. The number of urea groups is 1. The van der Waals surface area contributed by atoms with E-state index < -0.39 is 0 Å². The molecule has 1 aromatic heterocycles. The predicted molar refractivity (Wildman–Crippen MR) is 90.6 cm³/mol. The van der Waals surface area contributed by atoms with E-state index in [1.54, 1.807) is 23.3 Å². The molecule has 2 heterocycles. The van der Waals surface area contributed by atoms with Gasteiger partial charge in [-0.3, -0.25) is 0 Å². The number of nitrogens with zero attached hydrogens (tertiary/aromatic N) is 2. The summed E-state index contributed by atoms with van der Waals surface area (Å²) in [5.74, 6) is 0.141. The Labute approximate surface area is 146 Å². The summed E-state index contributed by atoms with van der Waals surface area (Å²) in [6.07, 6.45) is 2.21. The molecule has 0 bridgehead atoms. The largest absolute Gasteiger partial charge is 0.444 e. The molecule has 0 spiro atoms. The van der Waals surface area contributed by atoms with Crippen molar-refractivity contribution in [2.24, 2.45) is 0 Å². The summed E-state index contributed by atoms with van der Waals surface area (Å²) < 4.78 is 24.0.